The molecule has 0 atom stereocenters. The van der Waals surface area contributed by atoms with Crippen LogP contribution in [-0.2, 0) is 11.3 Å². The maximum Gasteiger partial charge on any atom is 0.223 e. The smallest absolute Gasteiger partial charge is 0.223 e. The third-order valence-corrected chi connectivity index (χ3v) is 2.40. The second-order valence-corrected chi connectivity index (χ2v) is 3.81. The molecule has 0 radical (unpaired) electrons. The molecule has 5 nitrogen and oxygen atoms in total. The van der Waals surface area contributed by atoms with Crippen molar-refractivity contribution in [3.05, 3.63) is 14.9 Å². The van der Waals surface area contributed by atoms with Gasteiger partial charge in [0.1, 0.15) is 10.9 Å². The fourth-order valence-electron chi connectivity index (χ4n) is 0.696. The van der Waals surface area contributed by atoms with E-state index in [9.17, 15) is 9.70 Å². The lowest BCUT2D eigenvalue weighted by molar-refractivity contribution is -0.114. The zero-order valence-electron chi connectivity index (χ0n) is 6.70. The number of carbonyl (C=O) groups excluding carboxylic acids is 1. The molecule has 0 spiro atoms. The Morgan fingerprint density at radius 3 is 3.00 bits per heavy atom. The van der Waals surface area contributed by atoms with E-state index in [1.54, 1.807) is 0 Å². The molecule has 1 heterocycles. The summed E-state index contributed by atoms with van der Waals surface area (Å²) in [6.07, 6.45) is 0. The van der Waals surface area contributed by atoms with E-state index < -0.39 is 0 Å². The fraction of sp³-hybridized carbons (Fsp3) is 0.333. The maximum atomic E-state index is 10.6. The topological polar surface area (TPSA) is 71.4 Å². The van der Waals surface area contributed by atoms with E-state index in [0.717, 1.165) is 11.3 Å². The Morgan fingerprint density at radius 2 is 2.46 bits per heavy atom. The quantitative estimate of drug-likeness (QED) is 0.791. The molecular formula is C6H6ClN3O2S. The Bertz CT molecular complexity index is 339. The lowest BCUT2D eigenvalue weighted by Crippen LogP contribution is -2.05. The molecule has 0 aliphatic heterocycles. The summed E-state index contributed by atoms with van der Waals surface area (Å²) >= 11 is 6.82. The monoisotopic (exact) mass is 219 g/mol. The molecular weight excluding hydrogens is 214 g/mol. The highest BCUT2D eigenvalue weighted by Gasteiger charge is 2.09. The van der Waals surface area contributed by atoms with Gasteiger partial charge in [-0.2, -0.15) is 4.91 Å². The van der Waals surface area contributed by atoms with Gasteiger partial charge in [-0.1, -0.05) is 28.1 Å². The zero-order chi connectivity index (χ0) is 9.84. The van der Waals surface area contributed by atoms with Gasteiger partial charge in [0.05, 0.1) is 5.69 Å². The first-order valence-electron chi connectivity index (χ1n) is 3.35. The van der Waals surface area contributed by atoms with E-state index in [1.165, 1.54) is 6.92 Å². The number of amides is 1. The standard InChI is InChI=1S/C6H6ClN3O2S/c1-3(11)9-6-10-4(2-8-12)5(7)13-6/h2H2,1H3,(H,9,10,11). The number of anilines is 1. The van der Waals surface area contributed by atoms with Gasteiger partial charge in [-0.25, -0.2) is 4.98 Å². The Morgan fingerprint density at radius 1 is 1.77 bits per heavy atom. The molecule has 0 saturated carbocycles. The number of rotatable bonds is 3. The predicted octanol–water partition coefficient (Wildman–Crippen LogP) is 2.02. The summed E-state index contributed by atoms with van der Waals surface area (Å²) in [6, 6.07) is 0. The summed E-state index contributed by atoms with van der Waals surface area (Å²) in [4.78, 5) is 24.4. The second kappa shape index (κ2) is 4.29. The maximum absolute atomic E-state index is 10.6. The molecule has 1 N–H and O–H groups in total. The van der Waals surface area contributed by atoms with Crippen LogP contribution in [0.3, 0.4) is 0 Å². The van der Waals surface area contributed by atoms with Crippen LogP contribution >= 0.6 is 22.9 Å². The normalized spacial score (nSPS) is 9.69. The summed E-state index contributed by atoms with van der Waals surface area (Å²) in [7, 11) is 0. The molecule has 1 rings (SSSR count). The van der Waals surface area contributed by atoms with Crippen LogP contribution in [0.25, 0.3) is 0 Å². The van der Waals surface area contributed by atoms with Crippen molar-refractivity contribution in [2.24, 2.45) is 5.18 Å². The molecule has 0 fully saturated rings. The highest BCUT2D eigenvalue weighted by atomic mass is 35.5. The van der Waals surface area contributed by atoms with Crippen LogP contribution in [0.5, 0.6) is 0 Å². The molecule has 0 aliphatic carbocycles. The summed E-state index contributed by atoms with van der Waals surface area (Å²) in [5, 5.41) is 5.51. The van der Waals surface area contributed by atoms with Gasteiger partial charge >= 0.3 is 0 Å². The summed E-state index contributed by atoms with van der Waals surface area (Å²) < 4.78 is 0.378. The average molecular weight is 220 g/mol. The highest BCUT2D eigenvalue weighted by Crippen LogP contribution is 2.28. The SMILES string of the molecule is CC(=O)Nc1nc(CN=O)c(Cl)s1. The summed E-state index contributed by atoms with van der Waals surface area (Å²) in [5.41, 5.74) is 0.394. The van der Waals surface area contributed by atoms with E-state index in [-0.39, 0.29) is 12.5 Å². The minimum absolute atomic E-state index is 0.0745. The van der Waals surface area contributed by atoms with Crippen LogP contribution in [0.15, 0.2) is 5.18 Å². The van der Waals surface area contributed by atoms with Crippen molar-refractivity contribution in [3.8, 4) is 0 Å². The van der Waals surface area contributed by atoms with E-state index in [2.05, 4.69) is 15.5 Å². The highest BCUT2D eigenvalue weighted by molar-refractivity contribution is 7.19. The first-order chi connectivity index (χ1) is 6.13. The van der Waals surface area contributed by atoms with Crippen molar-refractivity contribution in [1.82, 2.24) is 4.98 Å². The van der Waals surface area contributed by atoms with Crippen molar-refractivity contribution in [3.63, 3.8) is 0 Å². The van der Waals surface area contributed by atoms with Gasteiger partial charge in [0.25, 0.3) is 0 Å². The largest absolute Gasteiger partial charge is 0.302 e. The minimum Gasteiger partial charge on any atom is -0.302 e. The number of aromatic nitrogens is 1. The minimum atomic E-state index is -0.226. The Kier molecular flexibility index (Phi) is 3.32. The van der Waals surface area contributed by atoms with Crippen molar-refractivity contribution >= 4 is 34.0 Å². The second-order valence-electron chi connectivity index (χ2n) is 2.21. The molecule has 1 amide bonds. The van der Waals surface area contributed by atoms with Crippen LogP contribution in [0.2, 0.25) is 4.34 Å². The van der Waals surface area contributed by atoms with Crippen molar-refractivity contribution in [2.75, 3.05) is 5.32 Å². The first-order valence-corrected chi connectivity index (χ1v) is 4.55. The molecule has 70 valence electrons. The molecule has 0 aromatic carbocycles. The number of nitroso groups, excluding NO2 is 1. The first kappa shape index (κ1) is 10.1. The van der Waals surface area contributed by atoms with Gasteiger partial charge in [-0.15, -0.1) is 0 Å². The molecule has 0 bridgehead atoms. The molecule has 13 heavy (non-hydrogen) atoms. The van der Waals surface area contributed by atoms with Crippen molar-refractivity contribution in [2.45, 2.75) is 13.5 Å². The van der Waals surface area contributed by atoms with Gasteiger partial charge in [-0.05, 0) is 0 Å². The summed E-state index contributed by atoms with van der Waals surface area (Å²) in [6.45, 7) is 1.29. The van der Waals surface area contributed by atoms with Gasteiger partial charge in [0.15, 0.2) is 5.13 Å². The molecule has 7 heteroatoms. The number of hydrogen-bond donors (Lipinski definition) is 1. The molecule has 0 saturated heterocycles. The number of nitrogens with one attached hydrogen (secondary N) is 1. The molecule has 1 aromatic heterocycles. The zero-order valence-corrected chi connectivity index (χ0v) is 8.28. The number of hydrogen-bond acceptors (Lipinski definition) is 5. The van der Waals surface area contributed by atoms with Crippen LogP contribution in [0.4, 0.5) is 5.13 Å². The van der Waals surface area contributed by atoms with Gasteiger partial charge < -0.3 is 5.32 Å². The van der Waals surface area contributed by atoms with Gasteiger partial charge in [0, 0.05) is 6.92 Å². The van der Waals surface area contributed by atoms with Gasteiger partial charge in [0.2, 0.25) is 5.91 Å². The number of thiazole rings is 1. The van der Waals surface area contributed by atoms with E-state index in [0.29, 0.717) is 15.2 Å². The van der Waals surface area contributed by atoms with Crippen molar-refractivity contribution < 1.29 is 4.79 Å². The van der Waals surface area contributed by atoms with E-state index in [1.807, 2.05) is 0 Å². The van der Waals surface area contributed by atoms with E-state index in [4.69, 9.17) is 11.6 Å². The lowest BCUT2D eigenvalue weighted by atomic mass is 10.5. The predicted molar refractivity (Wildman–Crippen MR) is 50.9 cm³/mol. The molecule has 0 aliphatic rings. The van der Waals surface area contributed by atoms with Gasteiger partial charge in [-0.3, -0.25) is 4.79 Å². The fourth-order valence-corrected chi connectivity index (χ4v) is 1.77. The number of carbonyl (C=O) groups is 1. The molecule has 1 aromatic rings. The van der Waals surface area contributed by atoms with Crippen LogP contribution in [-0.4, -0.2) is 10.9 Å². The van der Waals surface area contributed by atoms with E-state index >= 15 is 0 Å². The number of nitrogens with zero attached hydrogens (tertiary/aromatic N) is 2. The number of halogens is 1. The summed E-state index contributed by atoms with van der Waals surface area (Å²) in [5.74, 6) is -0.226. The van der Waals surface area contributed by atoms with Crippen molar-refractivity contribution in [1.29, 1.82) is 0 Å². The Labute approximate surface area is 83.1 Å². The Balaban J connectivity index is 2.81. The average Bonchev–Trinajstić information content (AvgIpc) is 2.31. The third kappa shape index (κ3) is 2.74. The van der Waals surface area contributed by atoms with Crippen LogP contribution in [0, 0.1) is 4.91 Å². The molecule has 0 unspecified atom stereocenters. The lowest BCUT2D eigenvalue weighted by Gasteiger charge is -1.91. The third-order valence-electron chi connectivity index (χ3n) is 1.15. The van der Waals surface area contributed by atoms with Crippen LogP contribution in [0.1, 0.15) is 12.6 Å². The Hall–Kier alpha value is -1.01. The van der Waals surface area contributed by atoms with Crippen LogP contribution < -0.4 is 5.32 Å².